The SMILES string of the molecule is O=C(O)c1ccc(CNCc2nn(Cc3ccc(Cl)cc3Cl)nc2-c2ccccc2)cc1. The van der Waals surface area contributed by atoms with Crippen molar-refractivity contribution < 1.29 is 9.90 Å². The number of nitrogens with one attached hydrogen (secondary N) is 1. The first-order chi connectivity index (χ1) is 15.5. The van der Waals surface area contributed by atoms with Gasteiger partial charge in [-0.2, -0.15) is 15.0 Å². The van der Waals surface area contributed by atoms with Crippen molar-refractivity contribution in [1.82, 2.24) is 20.3 Å². The number of aromatic carboxylic acids is 1. The summed E-state index contributed by atoms with van der Waals surface area (Å²) in [6, 6.07) is 22.0. The quantitative estimate of drug-likeness (QED) is 0.368. The van der Waals surface area contributed by atoms with Gasteiger partial charge in [0.2, 0.25) is 0 Å². The summed E-state index contributed by atoms with van der Waals surface area (Å²) in [5, 5.41) is 22.9. The van der Waals surface area contributed by atoms with E-state index in [-0.39, 0.29) is 5.56 Å². The Kier molecular flexibility index (Phi) is 6.85. The maximum atomic E-state index is 11.0. The second kappa shape index (κ2) is 9.96. The average molecular weight is 467 g/mol. The highest BCUT2D eigenvalue weighted by Crippen LogP contribution is 2.24. The number of halogens is 2. The summed E-state index contributed by atoms with van der Waals surface area (Å²) in [5.74, 6) is -0.936. The van der Waals surface area contributed by atoms with Crippen LogP contribution in [0.1, 0.15) is 27.2 Å². The number of benzene rings is 3. The predicted octanol–water partition coefficient (Wildman–Crippen LogP) is 5.29. The van der Waals surface area contributed by atoms with E-state index in [0.29, 0.717) is 29.7 Å². The van der Waals surface area contributed by atoms with Crippen molar-refractivity contribution in [2.45, 2.75) is 19.6 Å². The van der Waals surface area contributed by atoms with E-state index in [1.165, 1.54) is 0 Å². The van der Waals surface area contributed by atoms with Crippen LogP contribution in [0.3, 0.4) is 0 Å². The summed E-state index contributed by atoms with van der Waals surface area (Å²) >= 11 is 12.3. The number of rotatable bonds is 8. The van der Waals surface area contributed by atoms with Crippen LogP contribution >= 0.6 is 23.2 Å². The molecule has 0 aliphatic heterocycles. The molecule has 32 heavy (non-hydrogen) atoms. The van der Waals surface area contributed by atoms with Gasteiger partial charge in [-0.25, -0.2) is 4.79 Å². The van der Waals surface area contributed by atoms with Crippen LogP contribution in [0.25, 0.3) is 11.3 Å². The molecule has 0 bridgehead atoms. The van der Waals surface area contributed by atoms with Gasteiger partial charge in [0, 0.05) is 28.7 Å². The van der Waals surface area contributed by atoms with Gasteiger partial charge in [0.1, 0.15) is 11.4 Å². The summed E-state index contributed by atoms with van der Waals surface area (Å²) in [5.41, 5.74) is 4.71. The largest absolute Gasteiger partial charge is 0.478 e. The lowest BCUT2D eigenvalue weighted by Gasteiger charge is -2.05. The van der Waals surface area contributed by atoms with Crippen molar-refractivity contribution >= 4 is 29.2 Å². The molecule has 0 saturated carbocycles. The minimum Gasteiger partial charge on any atom is -0.478 e. The van der Waals surface area contributed by atoms with E-state index >= 15 is 0 Å². The average Bonchev–Trinajstić information content (AvgIpc) is 3.19. The van der Waals surface area contributed by atoms with Crippen LogP contribution in [-0.4, -0.2) is 26.1 Å². The number of carboxylic acid groups (broad SMARTS) is 1. The molecule has 3 aromatic carbocycles. The molecule has 0 aliphatic carbocycles. The Morgan fingerprint density at radius 3 is 2.38 bits per heavy atom. The first kappa shape index (κ1) is 22.0. The number of carbonyl (C=O) groups is 1. The first-order valence-corrected chi connectivity index (χ1v) is 10.7. The van der Waals surface area contributed by atoms with Crippen LogP contribution in [0.4, 0.5) is 0 Å². The number of carboxylic acids is 1. The lowest BCUT2D eigenvalue weighted by Crippen LogP contribution is -2.14. The molecule has 4 aromatic rings. The Balaban J connectivity index is 1.52. The molecule has 0 radical (unpaired) electrons. The van der Waals surface area contributed by atoms with Crippen molar-refractivity contribution in [2.24, 2.45) is 0 Å². The normalized spacial score (nSPS) is 10.9. The zero-order valence-electron chi connectivity index (χ0n) is 17.0. The molecule has 1 aromatic heterocycles. The van der Waals surface area contributed by atoms with E-state index in [9.17, 15) is 4.79 Å². The van der Waals surface area contributed by atoms with Gasteiger partial charge in [0.15, 0.2) is 0 Å². The van der Waals surface area contributed by atoms with Crippen molar-refractivity contribution in [3.8, 4) is 11.3 Å². The number of hydrogen-bond acceptors (Lipinski definition) is 4. The third-order valence-electron chi connectivity index (χ3n) is 4.92. The van der Waals surface area contributed by atoms with Crippen LogP contribution in [0.15, 0.2) is 72.8 Å². The molecule has 0 aliphatic rings. The first-order valence-electron chi connectivity index (χ1n) is 9.96. The number of hydrogen-bond donors (Lipinski definition) is 2. The third kappa shape index (κ3) is 5.34. The molecule has 0 spiro atoms. The van der Waals surface area contributed by atoms with Gasteiger partial charge in [-0.05, 0) is 35.4 Å². The maximum absolute atomic E-state index is 11.0. The van der Waals surface area contributed by atoms with Crippen LogP contribution in [0.2, 0.25) is 10.0 Å². The van der Waals surface area contributed by atoms with Crippen LogP contribution < -0.4 is 5.32 Å². The fourth-order valence-electron chi connectivity index (χ4n) is 3.29. The highest BCUT2D eigenvalue weighted by Gasteiger charge is 2.14. The predicted molar refractivity (Wildman–Crippen MR) is 125 cm³/mol. The Morgan fingerprint density at radius 1 is 0.938 bits per heavy atom. The van der Waals surface area contributed by atoms with Crippen LogP contribution in [0.5, 0.6) is 0 Å². The zero-order chi connectivity index (χ0) is 22.5. The van der Waals surface area contributed by atoms with Gasteiger partial charge in [0.25, 0.3) is 0 Å². The van der Waals surface area contributed by atoms with E-state index in [2.05, 4.69) is 10.4 Å². The van der Waals surface area contributed by atoms with E-state index in [4.69, 9.17) is 33.4 Å². The van der Waals surface area contributed by atoms with Crippen LogP contribution in [-0.2, 0) is 19.6 Å². The summed E-state index contributed by atoms with van der Waals surface area (Å²) in [6.45, 7) is 1.50. The van der Waals surface area contributed by atoms with Crippen molar-refractivity contribution in [2.75, 3.05) is 0 Å². The lowest BCUT2D eigenvalue weighted by atomic mass is 10.1. The van der Waals surface area contributed by atoms with Gasteiger partial charge in [-0.3, -0.25) is 0 Å². The Bertz CT molecular complexity index is 1220. The van der Waals surface area contributed by atoms with Crippen molar-refractivity contribution in [3.63, 3.8) is 0 Å². The van der Waals surface area contributed by atoms with Crippen molar-refractivity contribution in [3.05, 3.63) is 105 Å². The summed E-state index contributed by atoms with van der Waals surface area (Å²) in [4.78, 5) is 12.6. The number of aromatic nitrogens is 3. The Hall–Kier alpha value is -3.19. The summed E-state index contributed by atoms with van der Waals surface area (Å²) < 4.78 is 0. The van der Waals surface area contributed by atoms with Gasteiger partial charge >= 0.3 is 5.97 Å². The third-order valence-corrected chi connectivity index (χ3v) is 5.51. The second-order valence-corrected chi connectivity index (χ2v) is 8.08. The van der Waals surface area contributed by atoms with E-state index in [0.717, 1.165) is 28.1 Å². The molecule has 2 N–H and O–H groups in total. The Labute approximate surface area is 195 Å². The standard InChI is InChI=1S/C24H20Cl2N4O2/c25-20-11-10-19(21(26)12-20)15-30-28-22(23(29-30)17-4-2-1-3-5-17)14-27-13-16-6-8-18(9-7-16)24(31)32/h1-12,27H,13-15H2,(H,31,32). The molecule has 162 valence electrons. The molecular formula is C24H20Cl2N4O2. The van der Waals surface area contributed by atoms with E-state index < -0.39 is 5.97 Å². The minimum atomic E-state index is -0.936. The molecule has 0 unspecified atom stereocenters. The van der Waals surface area contributed by atoms with Gasteiger partial charge in [-0.15, -0.1) is 0 Å². The van der Waals surface area contributed by atoms with Crippen molar-refractivity contribution in [1.29, 1.82) is 0 Å². The van der Waals surface area contributed by atoms with Crippen LogP contribution in [0, 0.1) is 0 Å². The molecule has 1 heterocycles. The van der Waals surface area contributed by atoms with Gasteiger partial charge in [-0.1, -0.05) is 71.7 Å². The maximum Gasteiger partial charge on any atom is 0.335 e. The zero-order valence-corrected chi connectivity index (χ0v) is 18.5. The molecule has 0 atom stereocenters. The molecule has 4 rings (SSSR count). The van der Waals surface area contributed by atoms with Gasteiger partial charge < -0.3 is 10.4 Å². The van der Waals surface area contributed by atoms with E-state index in [1.807, 2.05) is 36.4 Å². The summed E-state index contributed by atoms with van der Waals surface area (Å²) in [7, 11) is 0. The molecular weight excluding hydrogens is 447 g/mol. The second-order valence-electron chi connectivity index (χ2n) is 7.23. The molecule has 8 heteroatoms. The highest BCUT2D eigenvalue weighted by atomic mass is 35.5. The molecule has 0 amide bonds. The fraction of sp³-hybridized carbons (Fsp3) is 0.125. The lowest BCUT2D eigenvalue weighted by molar-refractivity contribution is 0.0697. The molecule has 6 nitrogen and oxygen atoms in total. The fourth-order valence-corrected chi connectivity index (χ4v) is 3.75. The monoisotopic (exact) mass is 466 g/mol. The van der Waals surface area contributed by atoms with E-state index in [1.54, 1.807) is 41.2 Å². The summed E-state index contributed by atoms with van der Waals surface area (Å²) in [6.07, 6.45) is 0. The van der Waals surface area contributed by atoms with Gasteiger partial charge in [0.05, 0.1) is 12.1 Å². The molecule has 0 fully saturated rings. The topological polar surface area (TPSA) is 80.0 Å². The smallest absolute Gasteiger partial charge is 0.335 e. The molecule has 0 saturated heterocycles. The highest BCUT2D eigenvalue weighted by molar-refractivity contribution is 6.35. The number of nitrogens with zero attached hydrogens (tertiary/aromatic N) is 3. The Morgan fingerprint density at radius 2 is 1.69 bits per heavy atom. The minimum absolute atomic E-state index is 0.268.